The van der Waals surface area contributed by atoms with Gasteiger partial charge < -0.3 is 14.6 Å². The van der Waals surface area contributed by atoms with E-state index in [0.29, 0.717) is 0 Å². The number of aliphatic hydroxyl groups excluding tert-OH is 1. The largest absolute Gasteiger partial charge is 0.459 e. The number of rotatable bonds is 5. The van der Waals surface area contributed by atoms with Crippen molar-refractivity contribution in [2.75, 3.05) is 6.54 Å². The lowest BCUT2D eigenvalue weighted by Crippen LogP contribution is -2.41. The van der Waals surface area contributed by atoms with Crippen molar-refractivity contribution in [2.45, 2.75) is 31.8 Å². The number of hydrogen-bond acceptors (Lipinski definition) is 5. The van der Waals surface area contributed by atoms with Gasteiger partial charge in [0, 0.05) is 6.42 Å². The van der Waals surface area contributed by atoms with Crippen LogP contribution in [-0.4, -0.2) is 40.8 Å². The zero-order valence-corrected chi connectivity index (χ0v) is 14.3. The van der Waals surface area contributed by atoms with Crippen LogP contribution in [0.15, 0.2) is 60.7 Å². The summed E-state index contributed by atoms with van der Waals surface area (Å²) in [6.07, 6.45) is -1.26. The Bertz CT molecular complexity index is 671. The average molecular weight is 355 g/mol. The summed E-state index contributed by atoms with van der Waals surface area (Å²) in [6, 6.07) is 17.7. The van der Waals surface area contributed by atoms with Crippen LogP contribution in [0.5, 0.6) is 0 Å². The van der Waals surface area contributed by atoms with Crippen LogP contribution in [-0.2, 0) is 27.5 Å². The van der Waals surface area contributed by atoms with Crippen molar-refractivity contribution in [1.29, 1.82) is 0 Å². The summed E-state index contributed by atoms with van der Waals surface area (Å²) in [5, 5.41) is 9.88. The highest BCUT2D eigenvalue weighted by molar-refractivity contribution is 5.82. The summed E-state index contributed by atoms with van der Waals surface area (Å²) < 4.78 is 10.6. The van der Waals surface area contributed by atoms with Crippen LogP contribution in [0.2, 0.25) is 0 Å². The first-order valence-electron chi connectivity index (χ1n) is 8.49. The van der Waals surface area contributed by atoms with Crippen molar-refractivity contribution in [3.05, 3.63) is 71.8 Å². The molecule has 1 amide bonds. The molecule has 1 unspecified atom stereocenters. The third-order valence-electron chi connectivity index (χ3n) is 4.21. The van der Waals surface area contributed by atoms with Gasteiger partial charge in [-0.05, 0) is 11.1 Å². The van der Waals surface area contributed by atoms with E-state index in [-0.39, 0.29) is 26.2 Å². The number of nitrogens with zero attached hydrogens (tertiary/aromatic N) is 1. The number of benzene rings is 2. The Hall–Kier alpha value is -2.86. The van der Waals surface area contributed by atoms with E-state index in [2.05, 4.69) is 0 Å². The number of likely N-dealkylation sites (tertiary alicyclic amines) is 1. The van der Waals surface area contributed by atoms with Gasteiger partial charge in [0.2, 0.25) is 0 Å². The molecule has 0 radical (unpaired) electrons. The first-order valence-corrected chi connectivity index (χ1v) is 8.49. The number of β-amino-alcohol motifs (C(OH)–C–C–N with tert-alkyl or cyclic N) is 1. The second-order valence-electron chi connectivity index (χ2n) is 6.19. The summed E-state index contributed by atoms with van der Waals surface area (Å²) in [5.74, 6) is -0.540. The summed E-state index contributed by atoms with van der Waals surface area (Å²) in [6.45, 7) is 0.288. The lowest BCUT2D eigenvalue weighted by molar-refractivity contribution is -0.149. The van der Waals surface area contributed by atoms with Crippen LogP contribution in [0.1, 0.15) is 17.5 Å². The monoisotopic (exact) mass is 355 g/mol. The van der Waals surface area contributed by atoms with Crippen molar-refractivity contribution >= 4 is 12.1 Å². The van der Waals surface area contributed by atoms with Gasteiger partial charge in [-0.25, -0.2) is 9.59 Å². The molecule has 6 nitrogen and oxygen atoms in total. The minimum atomic E-state index is -0.836. The van der Waals surface area contributed by atoms with Crippen molar-refractivity contribution in [1.82, 2.24) is 4.90 Å². The Morgan fingerprint density at radius 2 is 1.46 bits per heavy atom. The fourth-order valence-electron chi connectivity index (χ4n) is 2.87. The summed E-state index contributed by atoms with van der Waals surface area (Å²) in [5.41, 5.74) is 1.71. The van der Waals surface area contributed by atoms with E-state index >= 15 is 0 Å². The maximum Gasteiger partial charge on any atom is 0.410 e. The predicted molar refractivity (Wildman–Crippen MR) is 94.0 cm³/mol. The van der Waals surface area contributed by atoms with Crippen molar-refractivity contribution < 1.29 is 24.2 Å². The lowest BCUT2D eigenvalue weighted by atomic mass is 10.2. The van der Waals surface area contributed by atoms with Gasteiger partial charge in [-0.15, -0.1) is 0 Å². The zero-order valence-electron chi connectivity index (χ0n) is 14.3. The topological polar surface area (TPSA) is 76.1 Å². The number of amides is 1. The van der Waals surface area contributed by atoms with Gasteiger partial charge in [0.25, 0.3) is 0 Å². The minimum Gasteiger partial charge on any atom is -0.459 e. The van der Waals surface area contributed by atoms with E-state index in [9.17, 15) is 14.7 Å². The van der Waals surface area contributed by atoms with Gasteiger partial charge in [0.05, 0.1) is 12.6 Å². The van der Waals surface area contributed by atoms with Gasteiger partial charge in [0.1, 0.15) is 19.3 Å². The van der Waals surface area contributed by atoms with Crippen LogP contribution in [0.4, 0.5) is 4.79 Å². The summed E-state index contributed by atoms with van der Waals surface area (Å²) in [4.78, 5) is 25.9. The maximum absolute atomic E-state index is 12.4. The molecule has 2 aromatic carbocycles. The molecule has 1 saturated heterocycles. The van der Waals surface area contributed by atoms with E-state index in [4.69, 9.17) is 9.47 Å². The highest BCUT2D eigenvalue weighted by atomic mass is 16.6. The Kier molecular flexibility index (Phi) is 5.86. The number of esters is 1. The molecule has 1 fully saturated rings. The molecule has 2 atom stereocenters. The average Bonchev–Trinajstić information content (AvgIpc) is 3.08. The van der Waals surface area contributed by atoms with Crippen LogP contribution in [0.3, 0.4) is 0 Å². The first kappa shape index (κ1) is 17.9. The van der Waals surface area contributed by atoms with Crippen LogP contribution in [0, 0.1) is 0 Å². The molecular weight excluding hydrogens is 334 g/mol. The predicted octanol–water partition coefficient (Wildman–Crippen LogP) is 2.50. The van der Waals surface area contributed by atoms with E-state index in [1.54, 1.807) is 0 Å². The van der Waals surface area contributed by atoms with Gasteiger partial charge in [-0.2, -0.15) is 0 Å². The molecule has 1 aliphatic rings. The van der Waals surface area contributed by atoms with Crippen molar-refractivity contribution in [3.63, 3.8) is 0 Å². The summed E-state index contributed by atoms with van der Waals surface area (Å²) in [7, 11) is 0. The lowest BCUT2D eigenvalue weighted by Gasteiger charge is -2.22. The number of carbonyl (C=O) groups is 2. The number of aliphatic hydroxyl groups is 1. The minimum absolute atomic E-state index is 0.0543. The highest BCUT2D eigenvalue weighted by Crippen LogP contribution is 2.21. The molecule has 0 saturated carbocycles. The Morgan fingerprint density at radius 3 is 2.04 bits per heavy atom. The number of carbonyl (C=O) groups excluding carboxylic acids is 2. The molecule has 3 rings (SSSR count). The van der Waals surface area contributed by atoms with Gasteiger partial charge in [-0.1, -0.05) is 60.7 Å². The Balaban J connectivity index is 1.56. The van der Waals surface area contributed by atoms with E-state index in [1.807, 2.05) is 60.7 Å². The molecule has 26 heavy (non-hydrogen) atoms. The number of hydrogen-bond donors (Lipinski definition) is 1. The Labute approximate surface area is 152 Å². The number of ether oxygens (including phenoxy) is 2. The molecule has 1 aliphatic heterocycles. The highest BCUT2D eigenvalue weighted by Gasteiger charge is 2.40. The molecule has 2 aromatic rings. The molecule has 0 spiro atoms. The fraction of sp³-hybridized carbons (Fsp3) is 0.300. The standard InChI is InChI=1S/C20H21NO5/c22-17-11-18(19(23)25-13-15-7-3-1-4-8-15)21(12-17)20(24)26-14-16-9-5-2-6-10-16/h1-10,17-18,22H,11-14H2/t17?,18-/m0/s1. The second kappa shape index (κ2) is 8.49. The first-order chi connectivity index (χ1) is 12.6. The molecule has 1 N–H and O–H groups in total. The van der Waals surface area contributed by atoms with E-state index in [1.165, 1.54) is 4.90 Å². The Morgan fingerprint density at radius 1 is 0.923 bits per heavy atom. The molecule has 0 aromatic heterocycles. The van der Waals surface area contributed by atoms with Crippen molar-refractivity contribution in [3.8, 4) is 0 Å². The zero-order chi connectivity index (χ0) is 18.4. The SMILES string of the molecule is O=C(OCc1ccccc1)[C@@H]1CC(O)CN1C(=O)OCc1ccccc1. The van der Waals surface area contributed by atoms with Crippen molar-refractivity contribution in [2.24, 2.45) is 0 Å². The fourth-order valence-corrected chi connectivity index (χ4v) is 2.87. The van der Waals surface area contributed by atoms with E-state index < -0.39 is 24.2 Å². The molecule has 6 heteroatoms. The molecule has 136 valence electrons. The second-order valence-corrected chi connectivity index (χ2v) is 6.19. The summed E-state index contributed by atoms with van der Waals surface area (Å²) >= 11 is 0. The quantitative estimate of drug-likeness (QED) is 0.834. The molecule has 0 bridgehead atoms. The van der Waals surface area contributed by atoms with E-state index in [0.717, 1.165) is 11.1 Å². The normalized spacial score (nSPS) is 19.2. The third kappa shape index (κ3) is 4.61. The molecular formula is C20H21NO5. The molecule has 1 heterocycles. The smallest absolute Gasteiger partial charge is 0.410 e. The van der Waals surface area contributed by atoms with Crippen LogP contribution < -0.4 is 0 Å². The van der Waals surface area contributed by atoms with Gasteiger partial charge in [0.15, 0.2) is 0 Å². The van der Waals surface area contributed by atoms with Crippen LogP contribution >= 0.6 is 0 Å². The van der Waals surface area contributed by atoms with Gasteiger partial charge in [-0.3, -0.25) is 4.90 Å². The van der Waals surface area contributed by atoms with Gasteiger partial charge >= 0.3 is 12.1 Å². The third-order valence-corrected chi connectivity index (χ3v) is 4.21. The molecule has 0 aliphatic carbocycles. The van der Waals surface area contributed by atoms with Crippen LogP contribution in [0.25, 0.3) is 0 Å². The maximum atomic E-state index is 12.4.